The first-order valence-corrected chi connectivity index (χ1v) is 10.0. The normalized spacial score (nSPS) is 17.6. The lowest BCUT2D eigenvalue weighted by Gasteiger charge is -2.29. The molecule has 2 aliphatic rings. The van der Waals surface area contributed by atoms with Crippen molar-refractivity contribution in [3.8, 4) is 17.2 Å². The summed E-state index contributed by atoms with van der Waals surface area (Å²) in [7, 11) is -5.11. The monoisotopic (exact) mass is 458 g/mol. The molecule has 1 unspecified atom stereocenters. The van der Waals surface area contributed by atoms with Gasteiger partial charge in [0, 0.05) is 5.56 Å². The van der Waals surface area contributed by atoms with Gasteiger partial charge in [0.05, 0.1) is 12.7 Å². The van der Waals surface area contributed by atoms with E-state index in [1.54, 1.807) is 0 Å². The Labute approximate surface area is 173 Å². The maximum Gasteiger partial charge on any atom is 0.534 e. The van der Waals surface area contributed by atoms with Crippen molar-refractivity contribution < 1.29 is 49.5 Å². The number of esters is 1. The van der Waals surface area contributed by atoms with E-state index in [1.807, 2.05) is 0 Å². The second kappa shape index (κ2) is 7.38. The third-order valence-electron chi connectivity index (χ3n) is 4.46. The van der Waals surface area contributed by atoms with Crippen molar-refractivity contribution in [2.75, 3.05) is 13.9 Å². The van der Waals surface area contributed by atoms with Crippen molar-refractivity contribution in [3.63, 3.8) is 0 Å². The van der Waals surface area contributed by atoms with Crippen LogP contribution in [0.25, 0.3) is 5.76 Å². The third-order valence-corrected chi connectivity index (χ3v) is 5.42. The van der Waals surface area contributed by atoms with E-state index in [0.717, 1.165) is 7.11 Å². The van der Waals surface area contributed by atoms with Gasteiger partial charge in [-0.3, -0.25) is 0 Å². The molecule has 2 aromatic carbocycles. The van der Waals surface area contributed by atoms with Crippen LogP contribution in [0.4, 0.5) is 13.2 Å². The number of fused-ring (bicyclic) bond motifs is 2. The average Bonchev–Trinajstić information content (AvgIpc) is 3.19. The Morgan fingerprint density at radius 2 is 1.77 bits per heavy atom. The van der Waals surface area contributed by atoms with Crippen molar-refractivity contribution in [1.82, 2.24) is 0 Å². The summed E-state index contributed by atoms with van der Waals surface area (Å²) in [5.41, 5.74) is -6.17. The van der Waals surface area contributed by atoms with Gasteiger partial charge in [-0.25, -0.2) is 4.79 Å². The van der Waals surface area contributed by atoms with E-state index >= 15 is 0 Å². The minimum Gasteiger partial charge on any atom is -0.480 e. The molecule has 164 valence electrons. The molecule has 0 bridgehead atoms. The lowest BCUT2D eigenvalue weighted by atomic mass is 9.94. The molecule has 8 nitrogen and oxygen atoms in total. The maximum absolute atomic E-state index is 13.0. The molecule has 0 fully saturated rings. The predicted molar refractivity (Wildman–Crippen MR) is 97.4 cm³/mol. The first kappa shape index (κ1) is 20.8. The SMILES string of the molecule is COC(=O)C1=C(OS(=O)(=O)C(F)(F)F)c2ccccc2OC1c1ccc2c(c1)OCO2. The third kappa shape index (κ3) is 3.63. The summed E-state index contributed by atoms with van der Waals surface area (Å²) in [4.78, 5) is 12.6. The van der Waals surface area contributed by atoms with Gasteiger partial charge < -0.3 is 23.1 Å². The van der Waals surface area contributed by atoms with E-state index in [2.05, 4.69) is 4.18 Å². The molecular weight excluding hydrogens is 445 g/mol. The van der Waals surface area contributed by atoms with Crippen molar-refractivity contribution in [3.05, 3.63) is 59.2 Å². The summed E-state index contributed by atoms with van der Waals surface area (Å²) in [5, 5.41) is 0. The van der Waals surface area contributed by atoms with Crippen LogP contribution in [0.15, 0.2) is 48.0 Å². The highest BCUT2D eigenvalue weighted by Crippen LogP contribution is 2.46. The average molecular weight is 458 g/mol. The number of carbonyl (C=O) groups is 1. The number of methoxy groups -OCH3 is 1. The van der Waals surface area contributed by atoms with Gasteiger partial charge in [0.15, 0.2) is 23.4 Å². The summed E-state index contributed by atoms with van der Waals surface area (Å²) in [5.74, 6) is -1.24. The molecule has 2 heterocycles. The molecule has 0 saturated carbocycles. The van der Waals surface area contributed by atoms with Crippen LogP contribution in [0.5, 0.6) is 17.2 Å². The number of hydrogen-bond acceptors (Lipinski definition) is 8. The predicted octanol–water partition coefficient (Wildman–Crippen LogP) is 3.30. The van der Waals surface area contributed by atoms with E-state index < -0.39 is 39.0 Å². The molecule has 31 heavy (non-hydrogen) atoms. The molecule has 0 aromatic heterocycles. The topological polar surface area (TPSA) is 97.4 Å². The highest BCUT2D eigenvalue weighted by atomic mass is 32.2. The number of ether oxygens (including phenoxy) is 4. The van der Waals surface area contributed by atoms with E-state index in [9.17, 15) is 26.4 Å². The molecule has 0 saturated heterocycles. The number of halogens is 3. The van der Waals surface area contributed by atoms with Crippen LogP contribution in [0.1, 0.15) is 17.2 Å². The highest BCUT2D eigenvalue weighted by molar-refractivity contribution is 7.87. The highest BCUT2D eigenvalue weighted by Gasteiger charge is 2.50. The summed E-state index contributed by atoms with van der Waals surface area (Å²) in [6, 6.07) is 10.1. The lowest BCUT2D eigenvalue weighted by Crippen LogP contribution is -2.29. The van der Waals surface area contributed by atoms with Gasteiger partial charge in [-0.05, 0) is 24.3 Å². The number of para-hydroxylation sites is 1. The van der Waals surface area contributed by atoms with Gasteiger partial charge in [0.1, 0.15) is 11.3 Å². The Bertz CT molecular complexity index is 1190. The molecule has 0 radical (unpaired) electrons. The molecule has 0 amide bonds. The maximum atomic E-state index is 13.0. The summed E-state index contributed by atoms with van der Waals surface area (Å²) >= 11 is 0. The second-order valence-electron chi connectivity index (χ2n) is 6.32. The Morgan fingerprint density at radius 3 is 2.48 bits per heavy atom. The van der Waals surface area contributed by atoms with Gasteiger partial charge in [-0.2, -0.15) is 21.6 Å². The molecule has 0 spiro atoms. The smallest absolute Gasteiger partial charge is 0.480 e. The van der Waals surface area contributed by atoms with Crippen LogP contribution in [0.3, 0.4) is 0 Å². The molecule has 2 aromatic rings. The number of carbonyl (C=O) groups excluding carboxylic acids is 1. The van der Waals surface area contributed by atoms with Crippen molar-refractivity contribution in [2.45, 2.75) is 11.6 Å². The van der Waals surface area contributed by atoms with Crippen molar-refractivity contribution >= 4 is 21.8 Å². The van der Waals surface area contributed by atoms with Gasteiger partial charge >= 0.3 is 21.6 Å². The molecule has 0 aliphatic carbocycles. The Kier molecular flexibility index (Phi) is 4.96. The first-order valence-electron chi connectivity index (χ1n) is 8.61. The Morgan fingerprint density at radius 1 is 1.06 bits per heavy atom. The van der Waals surface area contributed by atoms with E-state index in [4.69, 9.17) is 18.9 Å². The zero-order valence-electron chi connectivity index (χ0n) is 15.6. The van der Waals surface area contributed by atoms with Crippen LogP contribution < -0.4 is 14.2 Å². The zero-order valence-corrected chi connectivity index (χ0v) is 16.5. The van der Waals surface area contributed by atoms with E-state index in [0.29, 0.717) is 11.5 Å². The first-order chi connectivity index (χ1) is 14.6. The fraction of sp³-hybridized carbons (Fsp3) is 0.211. The summed E-state index contributed by atoms with van der Waals surface area (Å²) in [6.45, 7) is -0.0367. The largest absolute Gasteiger partial charge is 0.534 e. The van der Waals surface area contributed by atoms with Crippen LogP contribution in [-0.4, -0.2) is 33.8 Å². The number of benzene rings is 2. The Balaban J connectivity index is 1.93. The van der Waals surface area contributed by atoms with E-state index in [1.165, 1.54) is 42.5 Å². The van der Waals surface area contributed by atoms with Crippen molar-refractivity contribution in [1.29, 1.82) is 0 Å². The van der Waals surface area contributed by atoms with Crippen LogP contribution in [0, 0.1) is 0 Å². The van der Waals surface area contributed by atoms with E-state index in [-0.39, 0.29) is 23.7 Å². The van der Waals surface area contributed by atoms with Gasteiger partial charge in [-0.1, -0.05) is 18.2 Å². The van der Waals surface area contributed by atoms with Gasteiger partial charge in [-0.15, -0.1) is 0 Å². The van der Waals surface area contributed by atoms with Crippen molar-refractivity contribution in [2.24, 2.45) is 0 Å². The van der Waals surface area contributed by atoms with Gasteiger partial charge in [0.25, 0.3) is 0 Å². The minimum absolute atomic E-state index is 0.00481. The van der Waals surface area contributed by atoms with Crippen LogP contribution >= 0.6 is 0 Å². The molecule has 4 rings (SSSR count). The Hall–Kier alpha value is -3.41. The molecule has 2 aliphatic heterocycles. The number of rotatable bonds is 4. The fourth-order valence-electron chi connectivity index (χ4n) is 3.07. The van der Waals surface area contributed by atoms with Gasteiger partial charge in [0.2, 0.25) is 6.79 Å². The quantitative estimate of drug-likeness (QED) is 0.391. The molecule has 12 heteroatoms. The standard InChI is InChI=1S/C19H13F3O8S/c1-26-18(23)15-16(10-6-7-13-14(8-10)28-9-27-13)29-12-5-3-2-4-11(12)17(15)30-31(24,25)19(20,21)22/h2-8,16H,9H2,1H3. The number of hydrogen-bond donors (Lipinski definition) is 0. The molecule has 0 N–H and O–H groups in total. The fourth-order valence-corrected chi connectivity index (χ4v) is 3.57. The van der Waals surface area contributed by atoms with Crippen LogP contribution in [-0.2, 0) is 23.8 Å². The summed E-state index contributed by atoms with van der Waals surface area (Å²) < 4.78 is 88.1. The molecular formula is C19H13F3O8S. The summed E-state index contributed by atoms with van der Waals surface area (Å²) in [6.07, 6.45) is -1.35. The zero-order chi connectivity index (χ0) is 22.4. The minimum atomic E-state index is -6.10. The number of alkyl halides is 3. The lowest BCUT2D eigenvalue weighted by molar-refractivity contribution is -0.137. The molecule has 1 atom stereocenters. The second-order valence-corrected chi connectivity index (χ2v) is 7.86. The van der Waals surface area contributed by atoms with Crippen LogP contribution in [0.2, 0.25) is 0 Å².